The molecule has 0 aromatic rings. The Morgan fingerprint density at radius 2 is 2.10 bits per heavy atom. The second-order valence-corrected chi connectivity index (χ2v) is 6.20. The van der Waals surface area contributed by atoms with E-state index in [0.29, 0.717) is 44.8 Å². The van der Waals surface area contributed by atoms with Gasteiger partial charge in [-0.1, -0.05) is 6.92 Å². The number of aliphatic carboxylic acids is 1. The number of piperidine rings is 1. The van der Waals surface area contributed by atoms with Crippen LogP contribution in [-0.2, 0) is 9.53 Å². The molecule has 0 radical (unpaired) electrons. The van der Waals surface area contributed by atoms with Crippen molar-refractivity contribution in [3.05, 3.63) is 0 Å². The quantitative estimate of drug-likeness (QED) is 0.828. The van der Waals surface area contributed by atoms with Gasteiger partial charge in [0.2, 0.25) is 0 Å². The first-order valence-electron chi connectivity index (χ1n) is 7.91. The molecular weight excluding hydrogens is 272 g/mol. The summed E-state index contributed by atoms with van der Waals surface area (Å²) in [6.07, 6.45) is 3.86. The second kappa shape index (κ2) is 7.11. The third-order valence-corrected chi connectivity index (χ3v) is 4.93. The molecule has 2 rings (SSSR count). The molecule has 1 atom stereocenters. The topological polar surface area (TPSA) is 78.9 Å². The Morgan fingerprint density at radius 3 is 2.62 bits per heavy atom. The van der Waals surface area contributed by atoms with Crippen molar-refractivity contribution in [3.8, 4) is 0 Å². The molecule has 6 heteroatoms. The lowest BCUT2D eigenvalue weighted by Crippen LogP contribution is -2.50. The monoisotopic (exact) mass is 298 g/mol. The highest BCUT2D eigenvalue weighted by Crippen LogP contribution is 2.35. The summed E-state index contributed by atoms with van der Waals surface area (Å²) in [4.78, 5) is 25.3. The van der Waals surface area contributed by atoms with Gasteiger partial charge >= 0.3 is 12.0 Å². The third-order valence-electron chi connectivity index (χ3n) is 4.93. The molecule has 120 valence electrons. The number of carboxylic acid groups (broad SMARTS) is 1. The maximum atomic E-state index is 12.1. The van der Waals surface area contributed by atoms with E-state index in [1.165, 1.54) is 0 Å². The summed E-state index contributed by atoms with van der Waals surface area (Å²) in [6.45, 7) is 5.14. The fourth-order valence-electron chi connectivity index (χ4n) is 3.17. The van der Waals surface area contributed by atoms with Gasteiger partial charge in [-0.15, -0.1) is 0 Å². The van der Waals surface area contributed by atoms with Gasteiger partial charge in [0.05, 0.1) is 12.0 Å². The average Bonchev–Trinajstić information content (AvgIpc) is 2.53. The smallest absolute Gasteiger partial charge is 0.317 e. The highest BCUT2D eigenvalue weighted by atomic mass is 16.5. The SMILES string of the molecule is CCC1(C(=O)O)CCN(C(=O)NCC2CCCOC2)CC1. The van der Waals surface area contributed by atoms with Crippen LogP contribution < -0.4 is 5.32 Å². The first kappa shape index (κ1) is 16.1. The molecule has 0 aliphatic carbocycles. The lowest BCUT2D eigenvalue weighted by atomic mass is 9.76. The number of urea groups is 1. The van der Waals surface area contributed by atoms with Crippen LogP contribution in [0.5, 0.6) is 0 Å². The van der Waals surface area contributed by atoms with Crippen LogP contribution in [0.3, 0.4) is 0 Å². The van der Waals surface area contributed by atoms with Crippen molar-refractivity contribution in [2.75, 3.05) is 32.8 Å². The van der Waals surface area contributed by atoms with Crippen LogP contribution >= 0.6 is 0 Å². The molecule has 2 heterocycles. The van der Waals surface area contributed by atoms with Gasteiger partial charge in [0.15, 0.2) is 0 Å². The van der Waals surface area contributed by atoms with Gasteiger partial charge < -0.3 is 20.1 Å². The average molecular weight is 298 g/mol. The molecule has 2 N–H and O–H groups in total. The summed E-state index contributed by atoms with van der Waals surface area (Å²) >= 11 is 0. The minimum atomic E-state index is -0.732. The first-order chi connectivity index (χ1) is 10.1. The van der Waals surface area contributed by atoms with Gasteiger partial charge in [-0.3, -0.25) is 4.79 Å². The second-order valence-electron chi connectivity index (χ2n) is 6.20. The molecule has 2 saturated heterocycles. The summed E-state index contributed by atoms with van der Waals surface area (Å²) in [6, 6.07) is -0.0735. The normalized spacial score (nSPS) is 25.4. The Balaban J connectivity index is 1.76. The van der Waals surface area contributed by atoms with Crippen molar-refractivity contribution >= 4 is 12.0 Å². The predicted octanol–water partition coefficient (Wildman–Crippen LogP) is 1.70. The highest BCUT2D eigenvalue weighted by molar-refractivity contribution is 5.77. The molecule has 2 amide bonds. The van der Waals surface area contributed by atoms with E-state index in [2.05, 4.69) is 5.32 Å². The highest BCUT2D eigenvalue weighted by Gasteiger charge is 2.40. The Labute approximate surface area is 125 Å². The maximum absolute atomic E-state index is 12.1. The van der Waals surface area contributed by atoms with Gasteiger partial charge in [0.1, 0.15) is 0 Å². The van der Waals surface area contributed by atoms with Crippen LogP contribution in [-0.4, -0.2) is 54.9 Å². The Kier molecular flexibility index (Phi) is 5.45. The number of rotatable bonds is 4. The van der Waals surface area contributed by atoms with Gasteiger partial charge in [-0.25, -0.2) is 4.79 Å². The molecule has 0 spiro atoms. The van der Waals surface area contributed by atoms with E-state index in [1.807, 2.05) is 6.92 Å². The van der Waals surface area contributed by atoms with Crippen LogP contribution in [0.2, 0.25) is 0 Å². The summed E-state index contributed by atoms with van der Waals surface area (Å²) in [5.41, 5.74) is -0.645. The van der Waals surface area contributed by atoms with E-state index in [4.69, 9.17) is 4.74 Å². The molecule has 2 aliphatic rings. The minimum Gasteiger partial charge on any atom is -0.481 e. The fourth-order valence-corrected chi connectivity index (χ4v) is 3.17. The molecule has 2 aliphatic heterocycles. The van der Waals surface area contributed by atoms with E-state index in [9.17, 15) is 14.7 Å². The van der Waals surface area contributed by atoms with Gasteiger partial charge in [0, 0.05) is 26.2 Å². The van der Waals surface area contributed by atoms with Gasteiger partial charge in [0.25, 0.3) is 0 Å². The number of nitrogens with zero attached hydrogens (tertiary/aromatic N) is 1. The Morgan fingerprint density at radius 1 is 1.38 bits per heavy atom. The molecule has 6 nitrogen and oxygen atoms in total. The molecule has 21 heavy (non-hydrogen) atoms. The molecule has 0 bridgehead atoms. The van der Waals surface area contributed by atoms with Crippen LogP contribution in [0.1, 0.15) is 39.0 Å². The van der Waals surface area contributed by atoms with Gasteiger partial charge in [-0.2, -0.15) is 0 Å². The third kappa shape index (κ3) is 3.87. The Hall–Kier alpha value is -1.30. The number of nitrogens with one attached hydrogen (secondary N) is 1. The minimum absolute atomic E-state index is 0.0735. The zero-order chi connectivity index (χ0) is 15.3. The first-order valence-corrected chi connectivity index (χ1v) is 7.91. The summed E-state index contributed by atoms with van der Waals surface area (Å²) in [5, 5.41) is 12.3. The molecule has 1 unspecified atom stereocenters. The zero-order valence-electron chi connectivity index (χ0n) is 12.8. The number of hydrogen-bond donors (Lipinski definition) is 2. The number of carbonyl (C=O) groups excluding carboxylic acids is 1. The predicted molar refractivity (Wildman–Crippen MR) is 78.1 cm³/mol. The van der Waals surface area contributed by atoms with E-state index in [0.717, 1.165) is 26.1 Å². The number of carboxylic acids is 1. The lowest BCUT2D eigenvalue weighted by molar-refractivity contribution is -0.151. The lowest BCUT2D eigenvalue weighted by Gasteiger charge is -2.38. The standard InChI is InChI=1S/C15H26N2O4/c1-2-15(13(18)19)5-7-17(8-6-15)14(20)16-10-12-4-3-9-21-11-12/h12H,2-11H2,1H3,(H,16,20)(H,18,19). The number of likely N-dealkylation sites (tertiary alicyclic amines) is 1. The summed E-state index contributed by atoms with van der Waals surface area (Å²) in [7, 11) is 0. The van der Waals surface area contributed by atoms with Crippen LogP contribution in [0.4, 0.5) is 4.79 Å². The molecule has 0 aromatic carbocycles. The van der Waals surface area contributed by atoms with E-state index < -0.39 is 11.4 Å². The van der Waals surface area contributed by atoms with Crippen molar-refractivity contribution in [2.24, 2.45) is 11.3 Å². The number of amides is 2. The number of ether oxygens (including phenoxy) is 1. The van der Waals surface area contributed by atoms with E-state index in [1.54, 1.807) is 4.90 Å². The van der Waals surface area contributed by atoms with Crippen molar-refractivity contribution in [1.82, 2.24) is 10.2 Å². The maximum Gasteiger partial charge on any atom is 0.317 e. The summed E-state index contributed by atoms with van der Waals surface area (Å²) < 4.78 is 5.40. The van der Waals surface area contributed by atoms with Crippen molar-refractivity contribution in [1.29, 1.82) is 0 Å². The number of carbonyl (C=O) groups is 2. The van der Waals surface area contributed by atoms with E-state index >= 15 is 0 Å². The van der Waals surface area contributed by atoms with Gasteiger partial charge in [-0.05, 0) is 38.0 Å². The zero-order valence-corrected chi connectivity index (χ0v) is 12.8. The van der Waals surface area contributed by atoms with E-state index in [-0.39, 0.29) is 6.03 Å². The van der Waals surface area contributed by atoms with Crippen molar-refractivity contribution in [3.63, 3.8) is 0 Å². The molecular formula is C15H26N2O4. The number of hydrogen-bond acceptors (Lipinski definition) is 3. The fraction of sp³-hybridized carbons (Fsp3) is 0.867. The largest absolute Gasteiger partial charge is 0.481 e. The van der Waals surface area contributed by atoms with Crippen LogP contribution in [0, 0.1) is 11.3 Å². The summed E-state index contributed by atoms with van der Waals surface area (Å²) in [5.74, 6) is -0.328. The van der Waals surface area contributed by atoms with Crippen molar-refractivity contribution in [2.45, 2.75) is 39.0 Å². The molecule has 0 aromatic heterocycles. The van der Waals surface area contributed by atoms with Crippen LogP contribution in [0.25, 0.3) is 0 Å². The Bertz CT molecular complexity index is 372. The van der Waals surface area contributed by atoms with Crippen molar-refractivity contribution < 1.29 is 19.4 Å². The molecule has 0 saturated carbocycles. The molecule has 2 fully saturated rings. The van der Waals surface area contributed by atoms with Crippen LogP contribution in [0.15, 0.2) is 0 Å².